The molecule has 0 bridgehead atoms. The van der Waals surface area contributed by atoms with E-state index >= 15 is 0 Å². The first-order valence-electron chi connectivity index (χ1n) is 12.1. The lowest BCUT2D eigenvalue weighted by molar-refractivity contribution is 0.0331. The smallest absolute Gasteiger partial charge is 0.326 e. The highest BCUT2D eigenvalue weighted by Gasteiger charge is 2.20. The minimum Gasteiger partial charge on any atom is -0.381 e. The molecule has 0 saturated carbocycles. The molecule has 5 heterocycles. The predicted octanol–water partition coefficient (Wildman–Crippen LogP) is 1.90. The van der Waals surface area contributed by atoms with Crippen LogP contribution in [0.25, 0.3) is 33.9 Å². The van der Waals surface area contributed by atoms with Crippen molar-refractivity contribution in [3.63, 3.8) is 0 Å². The monoisotopic (exact) mass is 476 g/mol. The van der Waals surface area contributed by atoms with E-state index in [1.54, 1.807) is 0 Å². The van der Waals surface area contributed by atoms with Gasteiger partial charge < -0.3 is 9.47 Å². The number of rotatable bonds is 6. The number of fused-ring (bicyclic) bond motifs is 1. The van der Waals surface area contributed by atoms with Gasteiger partial charge in [0, 0.05) is 37.4 Å². The summed E-state index contributed by atoms with van der Waals surface area (Å²) in [6.07, 6.45) is 2.79. The molecule has 3 N–H and O–H groups in total. The fourth-order valence-corrected chi connectivity index (χ4v) is 4.73. The molecule has 3 aromatic heterocycles. The van der Waals surface area contributed by atoms with E-state index in [-0.39, 0.29) is 5.69 Å². The van der Waals surface area contributed by atoms with E-state index in [9.17, 15) is 4.79 Å². The summed E-state index contributed by atoms with van der Waals surface area (Å²) in [6.45, 7) is 5.59. The molecular formula is C24H28N8O3. The van der Waals surface area contributed by atoms with E-state index in [1.165, 1.54) is 0 Å². The molecule has 2 fully saturated rings. The Labute approximate surface area is 201 Å². The summed E-state index contributed by atoms with van der Waals surface area (Å²) in [5.41, 5.74) is 4.19. The van der Waals surface area contributed by atoms with Gasteiger partial charge in [-0.3, -0.25) is 20.0 Å². The first-order valence-corrected chi connectivity index (χ1v) is 12.1. The number of morpholine rings is 1. The van der Waals surface area contributed by atoms with E-state index in [1.807, 2.05) is 24.3 Å². The van der Waals surface area contributed by atoms with Gasteiger partial charge in [-0.1, -0.05) is 24.3 Å². The molecule has 2 aliphatic heterocycles. The zero-order valence-corrected chi connectivity index (χ0v) is 19.4. The summed E-state index contributed by atoms with van der Waals surface area (Å²) in [5, 5.41) is 7.48. The summed E-state index contributed by atoms with van der Waals surface area (Å²) >= 11 is 0. The van der Waals surface area contributed by atoms with Gasteiger partial charge in [-0.15, -0.1) is 0 Å². The molecule has 182 valence electrons. The molecule has 2 saturated heterocycles. The second kappa shape index (κ2) is 9.68. The van der Waals surface area contributed by atoms with Crippen molar-refractivity contribution in [2.75, 3.05) is 39.5 Å². The van der Waals surface area contributed by atoms with Crippen LogP contribution in [0.4, 0.5) is 0 Å². The van der Waals surface area contributed by atoms with Crippen molar-refractivity contribution in [2.45, 2.75) is 25.8 Å². The third kappa shape index (κ3) is 4.88. The number of aromatic nitrogens is 7. The molecule has 2 aliphatic rings. The predicted molar refractivity (Wildman–Crippen MR) is 129 cm³/mol. The van der Waals surface area contributed by atoms with Gasteiger partial charge in [-0.05, 0) is 25.2 Å². The van der Waals surface area contributed by atoms with E-state index in [0.717, 1.165) is 93.7 Å². The fourth-order valence-electron chi connectivity index (χ4n) is 4.73. The molecule has 4 aromatic rings. The van der Waals surface area contributed by atoms with Crippen LogP contribution in [-0.2, 0) is 22.4 Å². The molecule has 11 nitrogen and oxygen atoms in total. The summed E-state index contributed by atoms with van der Waals surface area (Å²) in [5.74, 6) is 1.99. The maximum Gasteiger partial charge on any atom is 0.326 e. The Morgan fingerprint density at radius 3 is 2.34 bits per heavy atom. The Morgan fingerprint density at radius 2 is 1.57 bits per heavy atom. The highest BCUT2D eigenvalue weighted by Crippen LogP contribution is 2.28. The third-order valence-electron chi connectivity index (χ3n) is 6.68. The van der Waals surface area contributed by atoms with Gasteiger partial charge >= 0.3 is 5.69 Å². The molecule has 35 heavy (non-hydrogen) atoms. The van der Waals surface area contributed by atoms with Crippen LogP contribution in [0.15, 0.2) is 29.1 Å². The third-order valence-corrected chi connectivity index (χ3v) is 6.68. The Morgan fingerprint density at radius 1 is 0.886 bits per heavy atom. The van der Waals surface area contributed by atoms with Crippen molar-refractivity contribution in [3.8, 4) is 22.6 Å². The summed E-state index contributed by atoms with van der Waals surface area (Å²) in [7, 11) is 0. The second-order valence-electron chi connectivity index (χ2n) is 9.13. The topological polar surface area (TPSA) is 138 Å². The van der Waals surface area contributed by atoms with E-state index in [4.69, 9.17) is 19.4 Å². The lowest BCUT2D eigenvalue weighted by Crippen LogP contribution is -2.35. The molecule has 1 aromatic carbocycles. The van der Waals surface area contributed by atoms with Gasteiger partial charge in [0.05, 0.1) is 31.1 Å². The molecule has 0 spiro atoms. The van der Waals surface area contributed by atoms with Crippen LogP contribution in [0.1, 0.15) is 24.4 Å². The highest BCUT2D eigenvalue weighted by molar-refractivity contribution is 5.73. The summed E-state index contributed by atoms with van der Waals surface area (Å²) in [6, 6.07) is 8.03. The van der Waals surface area contributed by atoms with Crippen LogP contribution in [0.5, 0.6) is 0 Å². The lowest BCUT2D eigenvalue weighted by atomic mass is 9.93. The quantitative estimate of drug-likeness (QED) is 0.384. The van der Waals surface area contributed by atoms with Gasteiger partial charge in [0.2, 0.25) is 0 Å². The number of nitrogens with one attached hydrogen (secondary N) is 3. The second-order valence-corrected chi connectivity index (χ2v) is 9.13. The van der Waals surface area contributed by atoms with Gasteiger partial charge in [0.25, 0.3) is 0 Å². The molecule has 0 aliphatic carbocycles. The Balaban J connectivity index is 1.26. The van der Waals surface area contributed by atoms with Gasteiger partial charge in [0.1, 0.15) is 5.82 Å². The fraction of sp³-hybridized carbons (Fsp3) is 0.458. The van der Waals surface area contributed by atoms with Crippen molar-refractivity contribution >= 4 is 11.3 Å². The largest absolute Gasteiger partial charge is 0.381 e. The van der Waals surface area contributed by atoms with Crippen molar-refractivity contribution in [2.24, 2.45) is 5.92 Å². The number of nitrogens with zero attached hydrogens (tertiary/aromatic N) is 5. The number of aromatic amines is 3. The standard InChI is InChI=1S/C24H28N8O3/c33-24-28-22-23(29-24)27-20(18(25-22)13-15-5-9-34-10-6-15)16-1-3-17(4-2-16)21-26-19(30-31-21)14-32-7-11-35-12-8-32/h1-4,15H,5-14H2,(H,26,30,31)(H2,25,27,28,29,33). The van der Waals surface area contributed by atoms with Gasteiger partial charge in [-0.25, -0.2) is 19.7 Å². The summed E-state index contributed by atoms with van der Waals surface area (Å²) in [4.78, 5) is 33.8. The van der Waals surface area contributed by atoms with Crippen LogP contribution in [-0.4, -0.2) is 79.5 Å². The first-order chi connectivity index (χ1) is 17.2. The number of imidazole rings is 1. The minimum atomic E-state index is -0.304. The number of hydrogen-bond acceptors (Lipinski definition) is 8. The molecule has 0 atom stereocenters. The van der Waals surface area contributed by atoms with Gasteiger partial charge in [0.15, 0.2) is 17.1 Å². The number of hydrogen-bond donors (Lipinski definition) is 3. The van der Waals surface area contributed by atoms with Crippen molar-refractivity contribution in [3.05, 3.63) is 46.3 Å². The van der Waals surface area contributed by atoms with Crippen LogP contribution in [0.2, 0.25) is 0 Å². The zero-order valence-electron chi connectivity index (χ0n) is 19.4. The maximum atomic E-state index is 11.8. The SMILES string of the molecule is O=c1[nH]c2nc(CC3CCOCC3)c(-c3ccc(-c4n[nH]c(CN5CCOCC5)n4)cc3)nc2[nH]1. The van der Waals surface area contributed by atoms with Crippen molar-refractivity contribution in [1.29, 1.82) is 0 Å². The first kappa shape index (κ1) is 22.1. The molecule has 11 heteroatoms. The molecule has 0 radical (unpaired) electrons. The Kier molecular flexibility index (Phi) is 6.11. The van der Waals surface area contributed by atoms with Gasteiger partial charge in [-0.2, -0.15) is 5.10 Å². The maximum absolute atomic E-state index is 11.8. The van der Waals surface area contributed by atoms with Crippen LogP contribution in [0, 0.1) is 5.92 Å². The Bertz CT molecular complexity index is 1350. The number of ether oxygens (including phenoxy) is 2. The summed E-state index contributed by atoms with van der Waals surface area (Å²) < 4.78 is 10.9. The number of H-pyrrole nitrogens is 3. The van der Waals surface area contributed by atoms with Crippen LogP contribution >= 0.6 is 0 Å². The molecule has 0 amide bonds. The van der Waals surface area contributed by atoms with Crippen molar-refractivity contribution in [1.82, 2.24) is 40.0 Å². The van der Waals surface area contributed by atoms with Crippen molar-refractivity contribution < 1.29 is 9.47 Å². The van der Waals surface area contributed by atoms with Crippen LogP contribution in [0.3, 0.4) is 0 Å². The molecule has 0 unspecified atom stereocenters. The number of benzene rings is 1. The Hall–Kier alpha value is -3.41. The van der Waals surface area contributed by atoms with E-state index in [2.05, 4.69) is 30.0 Å². The van der Waals surface area contributed by atoms with E-state index < -0.39 is 0 Å². The minimum absolute atomic E-state index is 0.304. The highest BCUT2D eigenvalue weighted by atomic mass is 16.5. The normalized spacial score (nSPS) is 17.8. The molecule has 6 rings (SSSR count). The lowest BCUT2D eigenvalue weighted by Gasteiger charge is -2.25. The average Bonchev–Trinajstić information content (AvgIpc) is 3.50. The van der Waals surface area contributed by atoms with E-state index in [0.29, 0.717) is 23.0 Å². The zero-order chi connectivity index (χ0) is 23.6. The molecular weight excluding hydrogens is 448 g/mol. The van der Waals surface area contributed by atoms with Crippen LogP contribution < -0.4 is 5.69 Å². The average molecular weight is 477 g/mol.